The largest absolute Gasteiger partial charge is 0.328 e. The first-order valence-electron chi connectivity index (χ1n) is 3.97. The van der Waals surface area contributed by atoms with Crippen molar-refractivity contribution in [3.05, 3.63) is 0 Å². The first-order chi connectivity index (χ1) is 5.18. The van der Waals surface area contributed by atoms with Gasteiger partial charge in [-0.25, -0.2) is 0 Å². The minimum absolute atomic E-state index is 0.402. The second-order valence-corrected chi connectivity index (χ2v) is 4.71. The van der Waals surface area contributed by atoms with Crippen LogP contribution >= 0.6 is 0 Å². The van der Waals surface area contributed by atoms with Gasteiger partial charge in [0, 0.05) is 41.4 Å². The summed E-state index contributed by atoms with van der Waals surface area (Å²) in [6, 6.07) is 0.994. The average molecular weight is 176 g/mol. The summed E-state index contributed by atoms with van der Waals surface area (Å²) < 4.78 is 10.6. The van der Waals surface area contributed by atoms with Crippen molar-refractivity contribution in [2.24, 2.45) is 5.73 Å². The van der Waals surface area contributed by atoms with Gasteiger partial charge in [0.1, 0.15) is 0 Å². The molecule has 0 radical (unpaired) electrons. The van der Waals surface area contributed by atoms with Crippen molar-refractivity contribution in [2.45, 2.75) is 24.9 Å². The van der Waals surface area contributed by atoms with Crippen molar-refractivity contribution in [1.29, 1.82) is 0 Å². The van der Waals surface area contributed by atoms with E-state index in [9.17, 15) is 4.21 Å². The molecule has 0 aliphatic heterocycles. The Bertz CT molecular complexity index is 145. The maximum absolute atomic E-state index is 10.6. The molecule has 1 aliphatic carbocycles. The molecule has 0 bridgehead atoms. The van der Waals surface area contributed by atoms with E-state index in [-0.39, 0.29) is 0 Å². The molecule has 0 aromatic carbocycles. The molecule has 1 unspecified atom stereocenters. The maximum atomic E-state index is 10.6. The molecule has 0 spiro atoms. The van der Waals surface area contributed by atoms with Crippen LogP contribution in [-0.4, -0.2) is 34.8 Å². The summed E-state index contributed by atoms with van der Waals surface area (Å²) in [5.41, 5.74) is 5.60. The van der Waals surface area contributed by atoms with E-state index in [2.05, 4.69) is 5.32 Å². The lowest BCUT2D eigenvalue weighted by Gasteiger charge is -2.33. The Labute approximate surface area is 70.2 Å². The fourth-order valence-corrected chi connectivity index (χ4v) is 1.64. The first-order valence-corrected chi connectivity index (χ1v) is 5.70. The van der Waals surface area contributed by atoms with Crippen LogP contribution in [0.4, 0.5) is 0 Å². The van der Waals surface area contributed by atoms with Gasteiger partial charge in [-0.2, -0.15) is 0 Å². The Hall–Kier alpha value is 0.0700. The Balaban J connectivity index is 1.92. The van der Waals surface area contributed by atoms with Crippen molar-refractivity contribution in [3.63, 3.8) is 0 Å². The SMILES string of the molecule is CS(=O)CCNC1CC(N)C1. The summed E-state index contributed by atoms with van der Waals surface area (Å²) in [7, 11) is -0.662. The molecule has 11 heavy (non-hydrogen) atoms. The molecule has 0 aromatic heterocycles. The zero-order chi connectivity index (χ0) is 8.27. The lowest BCUT2D eigenvalue weighted by Crippen LogP contribution is -2.49. The van der Waals surface area contributed by atoms with Gasteiger partial charge in [0.15, 0.2) is 0 Å². The van der Waals surface area contributed by atoms with Crippen molar-refractivity contribution in [2.75, 3.05) is 18.6 Å². The summed E-state index contributed by atoms with van der Waals surface area (Å²) in [6.45, 7) is 0.862. The van der Waals surface area contributed by atoms with Gasteiger partial charge in [-0.15, -0.1) is 0 Å². The lowest BCUT2D eigenvalue weighted by molar-refractivity contribution is 0.297. The van der Waals surface area contributed by atoms with E-state index in [0.717, 1.165) is 25.1 Å². The van der Waals surface area contributed by atoms with Crippen LogP contribution in [0.2, 0.25) is 0 Å². The highest BCUT2D eigenvalue weighted by atomic mass is 32.2. The summed E-state index contributed by atoms with van der Waals surface area (Å²) in [6.07, 6.45) is 3.89. The highest BCUT2D eigenvalue weighted by Gasteiger charge is 2.24. The molecular weight excluding hydrogens is 160 g/mol. The molecule has 3 N–H and O–H groups in total. The third-order valence-electron chi connectivity index (χ3n) is 2.00. The summed E-state index contributed by atoms with van der Waals surface area (Å²) in [4.78, 5) is 0. The van der Waals surface area contributed by atoms with E-state index >= 15 is 0 Å². The van der Waals surface area contributed by atoms with E-state index in [1.165, 1.54) is 0 Å². The predicted molar refractivity (Wildman–Crippen MR) is 47.9 cm³/mol. The molecule has 1 rings (SSSR count). The molecule has 0 aromatic rings. The van der Waals surface area contributed by atoms with E-state index in [4.69, 9.17) is 5.73 Å². The summed E-state index contributed by atoms with van der Waals surface area (Å²) in [5, 5.41) is 3.31. The van der Waals surface area contributed by atoms with Crippen LogP contribution < -0.4 is 11.1 Å². The Morgan fingerprint density at radius 3 is 2.73 bits per heavy atom. The van der Waals surface area contributed by atoms with Crippen LogP contribution in [0.3, 0.4) is 0 Å². The predicted octanol–water partition coefficient (Wildman–Crippen LogP) is -0.556. The van der Waals surface area contributed by atoms with Crippen molar-refractivity contribution in [3.8, 4) is 0 Å². The van der Waals surface area contributed by atoms with Gasteiger partial charge in [0.2, 0.25) is 0 Å². The molecule has 1 aliphatic rings. The first kappa shape index (κ1) is 9.16. The van der Waals surface area contributed by atoms with Crippen molar-refractivity contribution in [1.82, 2.24) is 5.32 Å². The van der Waals surface area contributed by atoms with Crippen LogP contribution in [0, 0.1) is 0 Å². The smallest absolute Gasteiger partial charge is 0.0357 e. The van der Waals surface area contributed by atoms with Gasteiger partial charge in [0.25, 0.3) is 0 Å². The van der Waals surface area contributed by atoms with E-state index in [1.54, 1.807) is 6.26 Å². The quantitative estimate of drug-likeness (QED) is 0.604. The number of hydrogen-bond donors (Lipinski definition) is 2. The third kappa shape index (κ3) is 3.31. The summed E-state index contributed by atoms with van der Waals surface area (Å²) >= 11 is 0. The van der Waals surface area contributed by atoms with Gasteiger partial charge in [-0.3, -0.25) is 4.21 Å². The highest BCUT2D eigenvalue weighted by Crippen LogP contribution is 2.16. The second kappa shape index (κ2) is 4.18. The van der Waals surface area contributed by atoms with Crippen molar-refractivity contribution >= 4 is 10.8 Å². The maximum Gasteiger partial charge on any atom is 0.0357 e. The molecule has 0 saturated heterocycles. The zero-order valence-corrected chi connectivity index (χ0v) is 7.69. The topological polar surface area (TPSA) is 55.1 Å². The molecule has 66 valence electrons. The molecule has 1 fully saturated rings. The molecular formula is C7H16N2OS. The van der Waals surface area contributed by atoms with Crippen LogP contribution in [0.1, 0.15) is 12.8 Å². The molecule has 3 nitrogen and oxygen atoms in total. The average Bonchev–Trinajstić information content (AvgIpc) is 1.83. The van der Waals surface area contributed by atoms with Gasteiger partial charge >= 0.3 is 0 Å². The Morgan fingerprint density at radius 1 is 1.64 bits per heavy atom. The minimum atomic E-state index is -0.662. The van der Waals surface area contributed by atoms with Crippen molar-refractivity contribution < 1.29 is 4.21 Å². The zero-order valence-electron chi connectivity index (χ0n) is 6.88. The van der Waals surface area contributed by atoms with Crippen LogP contribution in [0.25, 0.3) is 0 Å². The fraction of sp³-hybridized carbons (Fsp3) is 1.00. The van der Waals surface area contributed by atoms with Gasteiger partial charge in [-0.05, 0) is 12.8 Å². The minimum Gasteiger partial charge on any atom is -0.328 e. The number of nitrogens with one attached hydrogen (secondary N) is 1. The molecule has 0 amide bonds. The molecule has 4 heteroatoms. The number of hydrogen-bond acceptors (Lipinski definition) is 3. The lowest BCUT2D eigenvalue weighted by atomic mass is 9.88. The van der Waals surface area contributed by atoms with E-state index in [1.807, 2.05) is 0 Å². The monoisotopic (exact) mass is 176 g/mol. The Kier molecular flexibility index (Phi) is 3.48. The van der Waals surface area contributed by atoms with Gasteiger partial charge in [-0.1, -0.05) is 0 Å². The van der Waals surface area contributed by atoms with Gasteiger partial charge in [0.05, 0.1) is 0 Å². The van der Waals surface area contributed by atoms with Crippen LogP contribution in [-0.2, 0) is 10.8 Å². The number of nitrogens with two attached hydrogens (primary N) is 1. The van der Waals surface area contributed by atoms with Crippen LogP contribution in [0.5, 0.6) is 0 Å². The molecule has 1 saturated carbocycles. The second-order valence-electron chi connectivity index (χ2n) is 3.16. The standard InChI is InChI=1S/C7H16N2OS/c1-11(10)3-2-9-7-4-6(8)5-7/h6-7,9H,2-5,8H2,1H3. The summed E-state index contributed by atoms with van der Waals surface area (Å²) in [5.74, 6) is 0.756. The highest BCUT2D eigenvalue weighted by molar-refractivity contribution is 7.84. The normalized spacial score (nSPS) is 32.9. The van der Waals surface area contributed by atoms with E-state index in [0.29, 0.717) is 12.1 Å². The third-order valence-corrected chi connectivity index (χ3v) is 2.78. The van der Waals surface area contributed by atoms with Crippen LogP contribution in [0.15, 0.2) is 0 Å². The van der Waals surface area contributed by atoms with E-state index < -0.39 is 10.8 Å². The van der Waals surface area contributed by atoms with Gasteiger partial charge < -0.3 is 11.1 Å². The fourth-order valence-electron chi connectivity index (χ4n) is 1.24. The molecule has 0 heterocycles. The number of rotatable bonds is 4. The molecule has 1 atom stereocenters. The Morgan fingerprint density at radius 2 is 2.27 bits per heavy atom.